The molecule has 1 aromatic rings. The number of anilines is 1. The summed E-state index contributed by atoms with van der Waals surface area (Å²) in [6.45, 7) is 9.32. The van der Waals surface area contributed by atoms with Crippen molar-refractivity contribution >= 4 is 28.4 Å². The van der Waals surface area contributed by atoms with Gasteiger partial charge in [0.05, 0.1) is 9.26 Å². The predicted octanol–water partition coefficient (Wildman–Crippen LogP) is 3.80. The van der Waals surface area contributed by atoms with Crippen LogP contribution in [0.3, 0.4) is 0 Å². The Morgan fingerprint density at radius 2 is 1.80 bits per heavy atom. The normalized spacial score (nSPS) is 20.9. The van der Waals surface area contributed by atoms with Gasteiger partial charge in [-0.1, -0.05) is 13.8 Å². The molecule has 2 rings (SSSR count). The lowest BCUT2D eigenvalue weighted by atomic mass is 9.70. The molecule has 0 radical (unpaired) electrons. The van der Waals surface area contributed by atoms with Crippen molar-refractivity contribution < 1.29 is 4.74 Å². The number of rotatable bonds is 3. The summed E-state index contributed by atoms with van der Waals surface area (Å²) < 4.78 is 7.06. The molecule has 2 N–H and O–H groups in total. The zero-order chi connectivity index (χ0) is 15.0. The van der Waals surface area contributed by atoms with E-state index >= 15 is 0 Å². The van der Waals surface area contributed by atoms with Gasteiger partial charge in [0.15, 0.2) is 5.82 Å². The van der Waals surface area contributed by atoms with Crippen LogP contribution >= 0.6 is 22.6 Å². The van der Waals surface area contributed by atoms with Gasteiger partial charge in [-0.25, -0.2) is 9.97 Å². The molecule has 0 unspecified atom stereocenters. The Bertz CT molecular complexity index is 469. The summed E-state index contributed by atoms with van der Waals surface area (Å²) >= 11 is 2.20. The van der Waals surface area contributed by atoms with Crippen LogP contribution in [0.2, 0.25) is 0 Å². The van der Waals surface area contributed by atoms with E-state index in [-0.39, 0.29) is 5.60 Å². The fraction of sp³-hybridized carbons (Fsp3) is 0.733. The van der Waals surface area contributed by atoms with Gasteiger partial charge in [-0.3, -0.25) is 0 Å². The van der Waals surface area contributed by atoms with Crippen LogP contribution in [0.15, 0.2) is 0 Å². The minimum atomic E-state index is -0.354. The number of nitrogens with zero attached hydrogens (tertiary/aromatic N) is 2. The van der Waals surface area contributed by atoms with Gasteiger partial charge in [0.2, 0.25) is 0 Å². The van der Waals surface area contributed by atoms with Gasteiger partial charge >= 0.3 is 0 Å². The number of nitrogens with two attached hydrogens (primary N) is 1. The molecule has 0 saturated heterocycles. The van der Waals surface area contributed by atoms with E-state index in [0.717, 1.165) is 40.8 Å². The number of hydrogen-bond acceptors (Lipinski definition) is 4. The van der Waals surface area contributed by atoms with Crippen LogP contribution in [0, 0.1) is 15.9 Å². The SMILES string of the molecule is CCOC1(c2nc(C)c(I)c(N)n2)CCC(C)(C)CC1. The molecule has 1 heterocycles. The second-order valence-corrected chi connectivity index (χ2v) is 7.50. The average Bonchev–Trinajstić information content (AvgIpc) is 2.38. The van der Waals surface area contributed by atoms with Gasteiger partial charge in [-0.2, -0.15) is 0 Å². The Morgan fingerprint density at radius 1 is 1.20 bits per heavy atom. The van der Waals surface area contributed by atoms with Crippen LogP contribution in [0.5, 0.6) is 0 Å². The molecule has 4 nitrogen and oxygen atoms in total. The third-order valence-corrected chi connectivity index (χ3v) is 5.62. The lowest BCUT2D eigenvalue weighted by molar-refractivity contribution is -0.0948. The monoisotopic (exact) mass is 389 g/mol. The van der Waals surface area contributed by atoms with E-state index in [1.54, 1.807) is 0 Å². The van der Waals surface area contributed by atoms with E-state index in [4.69, 9.17) is 10.5 Å². The maximum Gasteiger partial charge on any atom is 0.162 e. The zero-order valence-corrected chi connectivity index (χ0v) is 15.0. The largest absolute Gasteiger partial charge is 0.383 e. The first kappa shape index (κ1) is 15.9. The van der Waals surface area contributed by atoms with Gasteiger partial charge in [0.25, 0.3) is 0 Å². The number of halogens is 1. The second kappa shape index (κ2) is 5.75. The molecule has 0 amide bonds. The van der Waals surface area contributed by atoms with Crippen LogP contribution in [0.4, 0.5) is 5.82 Å². The number of aromatic nitrogens is 2. The van der Waals surface area contributed by atoms with Gasteiger partial charge in [-0.05, 0) is 67.5 Å². The van der Waals surface area contributed by atoms with Crippen LogP contribution in [-0.2, 0) is 10.3 Å². The number of aryl methyl sites for hydroxylation is 1. The zero-order valence-electron chi connectivity index (χ0n) is 12.8. The molecule has 1 aromatic heterocycles. The third-order valence-electron chi connectivity index (χ3n) is 4.28. The summed E-state index contributed by atoms with van der Waals surface area (Å²) in [6, 6.07) is 0. The predicted molar refractivity (Wildman–Crippen MR) is 89.5 cm³/mol. The molecule has 112 valence electrons. The fourth-order valence-electron chi connectivity index (χ4n) is 2.82. The molecule has 20 heavy (non-hydrogen) atoms. The van der Waals surface area contributed by atoms with Crippen molar-refractivity contribution in [2.45, 2.75) is 59.0 Å². The summed E-state index contributed by atoms with van der Waals surface area (Å²) in [5, 5.41) is 0. The van der Waals surface area contributed by atoms with E-state index in [1.165, 1.54) is 0 Å². The summed E-state index contributed by atoms with van der Waals surface area (Å²) in [5.74, 6) is 1.34. The first-order valence-corrected chi connectivity index (χ1v) is 8.31. The Kier molecular flexibility index (Phi) is 4.59. The molecule has 0 aromatic carbocycles. The van der Waals surface area contributed by atoms with Crippen LogP contribution in [0.25, 0.3) is 0 Å². The van der Waals surface area contributed by atoms with Gasteiger partial charge < -0.3 is 10.5 Å². The van der Waals surface area contributed by atoms with E-state index in [0.29, 0.717) is 17.8 Å². The highest BCUT2D eigenvalue weighted by atomic mass is 127. The minimum Gasteiger partial charge on any atom is -0.383 e. The summed E-state index contributed by atoms with van der Waals surface area (Å²) in [7, 11) is 0. The molecule has 1 aliphatic rings. The van der Waals surface area contributed by atoms with Crippen molar-refractivity contribution in [2.24, 2.45) is 5.41 Å². The first-order chi connectivity index (χ1) is 9.30. The maximum absolute atomic E-state index is 6.12. The van der Waals surface area contributed by atoms with Crippen LogP contribution < -0.4 is 5.73 Å². The number of ether oxygens (including phenoxy) is 1. The third kappa shape index (κ3) is 3.08. The van der Waals surface area contributed by atoms with Crippen molar-refractivity contribution in [1.82, 2.24) is 9.97 Å². The Hall–Kier alpha value is -0.430. The molecule has 5 heteroatoms. The van der Waals surface area contributed by atoms with E-state index in [1.807, 2.05) is 13.8 Å². The summed E-state index contributed by atoms with van der Waals surface area (Å²) in [4.78, 5) is 9.20. The van der Waals surface area contributed by atoms with Crippen molar-refractivity contribution in [1.29, 1.82) is 0 Å². The number of nitrogen functional groups attached to an aromatic ring is 1. The van der Waals surface area contributed by atoms with Gasteiger partial charge in [-0.15, -0.1) is 0 Å². The van der Waals surface area contributed by atoms with E-state index < -0.39 is 0 Å². The molecule has 1 saturated carbocycles. The standard InChI is InChI=1S/C15H24IN3O/c1-5-20-15(8-6-14(3,4)7-9-15)13-18-10(2)11(16)12(17)19-13/h5-9H2,1-4H3,(H2,17,18,19). The van der Waals surface area contributed by atoms with Gasteiger partial charge in [0.1, 0.15) is 11.4 Å². The van der Waals surface area contributed by atoms with Crippen molar-refractivity contribution in [3.63, 3.8) is 0 Å². The highest BCUT2D eigenvalue weighted by Crippen LogP contribution is 2.46. The average molecular weight is 389 g/mol. The molecule has 1 fully saturated rings. The van der Waals surface area contributed by atoms with Crippen LogP contribution in [-0.4, -0.2) is 16.6 Å². The summed E-state index contributed by atoms with van der Waals surface area (Å²) in [6.07, 6.45) is 4.18. The maximum atomic E-state index is 6.12. The first-order valence-electron chi connectivity index (χ1n) is 7.24. The molecule has 0 bridgehead atoms. The van der Waals surface area contributed by atoms with Crippen molar-refractivity contribution in [3.8, 4) is 0 Å². The molecular weight excluding hydrogens is 365 g/mol. The van der Waals surface area contributed by atoms with Gasteiger partial charge in [0, 0.05) is 6.61 Å². The van der Waals surface area contributed by atoms with E-state index in [2.05, 4.69) is 46.4 Å². The van der Waals surface area contributed by atoms with Crippen LogP contribution in [0.1, 0.15) is 58.0 Å². The molecule has 1 aliphatic carbocycles. The lowest BCUT2D eigenvalue weighted by Crippen LogP contribution is -2.39. The molecule has 0 aliphatic heterocycles. The topological polar surface area (TPSA) is 61.0 Å². The van der Waals surface area contributed by atoms with E-state index in [9.17, 15) is 0 Å². The number of hydrogen-bond donors (Lipinski definition) is 1. The highest BCUT2D eigenvalue weighted by molar-refractivity contribution is 14.1. The second-order valence-electron chi connectivity index (χ2n) is 6.42. The van der Waals surface area contributed by atoms with Crippen molar-refractivity contribution in [3.05, 3.63) is 15.1 Å². The highest BCUT2D eigenvalue weighted by Gasteiger charge is 2.42. The van der Waals surface area contributed by atoms with Crippen molar-refractivity contribution in [2.75, 3.05) is 12.3 Å². The summed E-state index contributed by atoms with van der Waals surface area (Å²) in [5.41, 5.74) is 6.99. The fourth-order valence-corrected chi connectivity index (χ4v) is 3.07. The lowest BCUT2D eigenvalue weighted by Gasteiger charge is -2.42. The Morgan fingerprint density at radius 3 is 2.30 bits per heavy atom. The molecular formula is C15H24IN3O. The molecule has 0 atom stereocenters. The smallest absolute Gasteiger partial charge is 0.162 e. The Labute approximate surface area is 135 Å². The quantitative estimate of drug-likeness (QED) is 0.799. The molecule has 0 spiro atoms. The Balaban J connectivity index is 2.39. The minimum absolute atomic E-state index is 0.354.